The van der Waals surface area contributed by atoms with Gasteiger partial charge in [0, 0.05) is 18.9 Å². The molecule has 0 aliphatic rings. The minimum absolute atomic E-state index is 0.225. The second kappa shape index (κ2) is 8.70. The molecule has 0 bridgehead atoms. The van der Waals surface area contributed by atoms with Crippen LogP contribution >= 0.6 is 0 Å². The van der Waals surface area contributed by atoms with E-state index in [1.165, 1.54) is 5.56 Å². The molecule has 0 aliphatic heterocycles. The molecule has 0 saturated heterocycles. The summed E-state index contributed by atoms with van der Waals surface area (Å²) in [4.78, 5) is 41.6. The molecule has 2 heterocycles. The number of aryl methyl sites for hydroxylation is 3. The summed E-state index contributed by atoms with van der Waals surface area (Å²) in [6.45, 7) is 4.08. The van der Waals surface area contributed by atoms with Gasteiger partial charge in [0.2, 0.25) is 0 Å². The summed E-state index contributed by atoms with van der Waals surface area (Å²) in [5.74, 6) is -0.389. The largest absolute Gasteiger partial charge is 0.344 e. The van der Waals surface area contributed by atoms with Crippen LogP contribution in [-0.4, -0.2) is 20.0 Å². The van der Waals surface area contributed by atoms with Crippen LogP contribution in [0.3, 0.4) is 0 Å². The average Bonchev–Trinajstić information content (AvgIpc) is 3.11. The number of unbranched alkanes of at least 4 members (excludes halogenated alkanes) is 1. The molecule has 0 atom stereocenters. The van der Waals surface area contributed by atoms with Crippen molar-refractivity contribution in [2.75, 3.05) is 5.32 Å². The molecule has 0 fully saturated rings. The molecule has 0 spiro atoms. The van der Waals surface area contributed by atoms with Crippen molar-refractivity contribution in [1.29, 1.82) is 0 Å². The van der Waals surface area contributed by atoms with Crippen LogP contribution in [0.5, 0.6) is 0 Å². The van der Waals surface area contributed by atoms with Crippen LogP contribution in [-0.2, 0) is 13.5 Å². The number of benzene rings is 2. The summed E-state index contributed by atoms with van der Waals surface area (Å²) >= 11 is 0. The quantitative estimate of drug-likeness (QED) is 0.486. The first-order valence-electron chi connectivity index (χ1n) is 10.7. The van der Waals surface area contributed by atoms with E-state index in [1.807, 2.05) is 43.3 Å². The number of aromatic nitrogens is 3. The van der Waals surface area contributed by atoms with Crippen molar-refractivity contribution in [2.45, 2.75) is 33.1 Å². The second-order valence-corrected chi connectivity index (χ2v) is 8.04. The predicted molar refractivity (Wildman–Crippen MR) is 127 cm³/mol. The molecule has 0 aliphatic carbocycles. The second-order valence-electron chi connectivity index (χ2n) is 8.04. The van der Waals surface area contributed by atoms with Gasteiger partial charge >= 0.3 is 5.69 Å². The van der Waals surface area contributed by atoms with Gasteiger partial charge < -0.3 is 14.9 Å². The lowest BCUT2D eigenvalue weighted by Gasteiger charge is -2.07. The van der Waals surface area contributed by atoms with Gasteiger partial charge in [0.15, 0.2) is 0 Å². The summed E-state index contributed by atoms with van der Waals surface area (Å²) in [5.41, 5.74) is 3.02. The van der Waals surface area contributed by atoms with E-state index >= 15 is 0 Å². The molecule has 0 unspecified atom stereocenters. The van der Waals surface area contributed by atoms with Crippen molar-refractivity contribution >= 4 is 22.6 Å². The third kappa shape index (κ3) is 4.01. The highest BCUT2D eigenvalue weighted by Crippen LogP contribution is 2.18. The summed E-state index contributed by atoms with van der Waals surface area (Å²) in [7, 11) is 1.68. The van der Waals surface area contributed by atoms with E-state index in [0.717, 1.165) is 29.4 Å². The average molecular weight is 431 g/mol. The smallest absolute Gasteiger partial charge is 0.333 e. The topological polar surface area (TPSA) is 88.9 Å². The molecule has 7 nitrogen and oxygen atoms in total. The number of rotatable bonds is 6. The molecule has 2 aromatic heterocycles. The molecule has 0 radical (unpaired) electrons. The fourth-order valence-electron chi connectivity index (χ4n) is 3.81. The fraction of sp³-hybridized carbons (Fsp3) is 0.240. The summed E-state index contributed by atoms with van der Waals surface area (Å²) in [5, 5.41) is 2.86. The number of carbonyl (C=O) groups excluding carboxylic acids is 1. The van der Waals surface area contributed by atoms with Crippen molar-refractivity contribution in [3.63, 3.8) is 0 Å². The molecule has 4 rings (SSSR count). The number of nitrogens with zero attached hydrogens (tertiary/aromatic N) is 2. The number of aromatic amines is 1. The van der Waals surface area contributed by atoms with Gasteiger partial charge in [-0.15, -0.1) is 0 Å². The van der Waals surface area contributed by atoms with Crippen molar-refractivity contribution in [1.82, 2.24) is 14.1 Å². The van der Waals surface area contributed by atoms with E-state index in [9.17, 15) is 14.4 Å². The highest BCUT2D eigenvalue weighted by molar-refractivity contribution is 6.11. The highest BCUT2D eigenvalue weighted by atomic mass is 16.2. The number of amides is 1. The number of fused-ring (bicyclic) bond motifs is 1. The van der Waals surface area contributed by atoms with Gasteiger partial charge in [-0.3, -0.25) is 9.59 Å². The Kier molecular flexibility index (Phi) is 5.81. The first-order chi connectivity index (χ1) is 15.4. The Labute approximate surface area is 185 Å². The van der Waals surface area contributed by atoms with Crippen molar-refractivity contribution in [3.8, 4) is 5.69 Å². The van der Waals surface area contributed by atoms with Crippen LogP contribution < -0.4 is 16.6 Å². The molecule has 2 N–H and O–H groups in total. The predicted octanol–water partition coefficient (Wildman–Crippen LogP) is 3.92. The summed E-state index contributed by atoms with van der Waals surface area (Å²) in [6, 6.07) is 14.8. The number of anilines is 1. The van der Waals surface area contributed by atoms with E-state index in [0.29, 0.717) is 11.4 Å². The first-order valence-corrected chi connectivity index (χ1v) is 10.7. The normalized spacial score (nSPS) is 11.1. The number of H-pyrrole nitrogens is 1. The van der Waals surface area contributed by atoms with Crippen LogP contribution in [0.2, 0.25) is 0 Å². The van der Waals surface area contributed by atoms with E-state index in [4.69, 9.17) is 0 Å². The lowest BCUT2D eigenvalue weighted by molar-refractivity contribution is 0.102. The van der Waals surface area contributed by atoms with Crippen molar-refractivity contribution in [3.05, 3.63) is 92.3 Å². The van der Waals surface area contributed by atoms with Gasteiger partial charge in [0.25, 0.3) is 11.5 Å². The fourth-order valence-corrected chi connectivity index (χ4v) is 3.81. The van der Waals surface area contributed by atoms with Crippen molar-refractivity contribution < 1.29 is 4.79 Å². The lowest BCUT2D eigenvalue weighted by atomic mass is 10.1. The summed E-state index contributed by atoms with van der Waals surface area (Å²) < 4.78 is 2.65. The maximum absolute atomic E-state index is 13.2. The van der Waals surface area contributed by atoms with Crippen LogP contribution in [0.1, 0.15) is 41.3 Å². The lowest BCUT2D eigenvalue weighted by Crippen LogP contribution is -2.34. The van der Waals surface area contributed by atoms with Crippen LogP contribution in [0.15, 0.2) is 64.3 Å². The minimum Gasteiger partial charge on any atom is -0.344 e. The molecule has 7 heteroatoms. The minimum atomic E-state index is -0.591. The molecular formula is C25H26N4O3. The SMILES string of the molecule is CCCCc1ccc(NC(=O)c2cn(C)c3c(=O)n(-c4ccc(C)cc4)c(=O)[nH]c23)cc1. The molecular weight excluding hydrogens is 404 g/mol. The zero-order valence-electron chi connectivity index (χ0n) is 18.4. The molecule has 1 amide bonds. The maximum Gasteiger partial charge on any atom is 0.333 e. The Morgan fingerprint density at radius 2 is 1.72 bits per heavy atom. The van der Waals surface area contributed by atoms with E-state index < -0.39 is 11.2 Å². The van der Waals surface area contributed by atoms with Crippen LogP contribution in [0, 0.1) is 6.92 Å². The molecule has 32 heavy (non-hydrogen) atoms. The molecule has 2 aromatic carbocycles. The molecule has 0 saturated carbocycles. The van der Waals surface area contributed by atoms with Crippen LogP contribution in [0.25, 0.3) is 16.7 Å². The van der Waals surface area contributed by atoms with E-state index in [1.54, 1.807) is 29.9 Å². The maximum atomic E-state index is 13.2. The Morgan fingerprint density at radius 3 is 2.38 bits per heavy atom. The number of carbonyl (C=O) groups is 1. The molecule has 164 valence electrons. The summed E-state index contributed by atoms with van der Waals surface area (Å²) in [6.07, 6.45) is 4.81. The van der Waals surface area contributed by atoms with Gasteiger partial charge in [0.05, 0.1) is 16.8 Å². The third-order valence-corrected chi connectivity index (χ3v) is 5.59. The highest BCUT2D eigenvalue weighted by Gasteiger charge is 2.20. The number of hydrogen-bond acceptors (Lipinski definition) is 3. The van der Waals surface area contributed by atoms with Crippen molar-refractivity contribution in [2.24, 2.45) is 7.05 Å². The van der Waals surface area contributed by atoms with E-state index in [-0.39, 0.29) is 22.5 Å². The van der Waals surface area contributed by atoms with E-state index in [2.05, 4.69) is 17.2 Å². The number of nitrogens with one attached hydrogen (secondary N) is 2. The third-order valence-electron chi connectivity index (χ3n) is 5.59. The van der Waals surface area contributed by atoms with Gasteiger partial charge in [-0.25, -0.2) is 9.36 Å². The van der Waals surface area contributed by atoms with Gasteiger partial charge in [0.1, 0.15) is 5.52 Å². The zero-order chi connectivity index (χ0) is 22.8. The van der Waals surface area contributed by atoms with Crippen LogP contribution in [0.4, 0.5) is 5.69 Å². The number of hydrogen-bond donors (Lipinski definition) is 2. The van der Waals surface area contributed by atoms with Gasteiger partial charge in [-0.2, -0.15) is 0 Å². The monoisotopic (exact) mass is 430 g/mol. The van der Waals surface area contributed by atoms with Gasteiger partial charge in [-0.1, -0.05) is 43.2 Å². The zero-order valence-corrected chi connectivity index (χ0v) is 18.4. The Bertz CT molecular complexity index is 1390. The first kappa shape index (κ1) is 21.4. The standard InChI is InChI=1S/C25H26N4O3/c1-4-5-6-17-9-11-18(12-10-17)26-23(30)20-15-28(3)22-21(20)27-25(32)29(24(22)31)19-13-7-16(2)8-14-19/h7-15H,4-6H2,1-3H3,(H,26,30)(H,27,32). The Hall–Kier alpha value is -3.87. The molecule has 4 aromatic rings. The Morgan fingerprint density at radius 1 is 1.03 bits per heavy atom. The van der Waals surface area contributed by atoms with Gasteiger partial charge in [-0.05, 0) is 49.6 Å². The Balaban J connectivity index is 1.70.